The van der Waals surface area contributed by atoms with Crippen LogP contribution in [0.1, 0.15) is 29.2 Å². The highest BCUT2D eigenvalue weighted by Gasteiger charge is 2.41. The molecule has 1 fully saturated rings. The van der Waals surface area contributed by atoms with Gasteiger partial charge in [0.15, 0.2) is 16.6 Å². The highest BCUT2D eigenvalue weighted by molar-refractivity contribution is 7.81. The van der Waals surface area contributed by atoms with Gasteiger partial charge in [-0.15, -0.1) is 0 Å². The number of amides is 2. The van der Waals surface area contributed by atoms with Crippen molar-refractivity contribution in [2.45, 2.75) is 27.4 Å². The van der Waals surface area contributed by atoms with Crippen LogP contribution in [-0.2, 0) is 16.2 Å². The molecular formula is C34H29N3O6S. The van der Waals surface area contributed by atoms with E-state index in [4.69, 9.17) is 21.7 Å². The van der Waals surface area contributed by atoms with Gasteiger partial charge in [0.1, 0.15) is 12.2 Å². The summed E-state index contributed by atoms with van der Waals surface area (Å²) < 4.78 is 11.8. The molecule has 1 heterocycles. The van der Waals surface area contributed by atoms with Crippen molar-refractivity contribution in [2.24, 2.45) is 0 Å². The van der Waals surface area contributed by atoms with E-state index in [1.165, 1.54) is 28.0 Å². The van der Waals surface area contributed by atoms with Gasteiger partial charge in [-0.1, -0.05) is 41.5 Å². The molecule has 0 bridgehead atoms. The van der Waals surface area contributed by atoms with Gasteiger partial charge >= 0.3 is 0 Å². The number of non-ortho nitro benzene ring substituents is 1. The first-order valence-electron chi connectivity index (χ1n) is 13.9. The number of nitro benzene ring substituents is 1. The van der Waals surface area contributed by atoms with Crippen molar-refractivity contribution in [1.82, 2.24) is 0 Å². The molecule has 0 N–H and O–H groups in total. The Morgan fingerprint density at radius 1 is 0.773 bits per heavy atom. The minimum atomic E-state index is -0.538. The fraction of sp³-hybridized carbons (Fsp3) is 0.147. The molecule has 0 radical (unpaired) electrons. The maximum Gasteiger partial charge on any atom is 0.270 e. The van der Waals surface area contributed by atoms with Crippen LogP contribution in [0.15, 0.2) is 96.6 Å². The minimum Gasteiger partial charge on any atom is -0.490 e. The summed E-state index contributed by atoms with van der Waals surface area (Å²) in [7, 11) is 0. The van der Waals surface area contributed by atoms with Crippen LogP contribution in [0.3, 0.4) is 0 Å². The molecule has 1 aliphatic heterocycles. The second kappa shape index (κ2) is 12.9. The van der Waals surface area contributed by atoms with Gasteiger partial charge in [0, 0.05) is 12.1 Å². The van der Waals surface area contributed by atoms with Crippen molar-refractivity contribution in [1.29, 1.82) is 0 Å². The first-order valence-corrected chi connectivity index (χ1v) is 14.3. The number of carbonyl (C=O) groups is 2. The molecule has 4 aromatic carbocycles. The van der Waals surface area contributed by atoms with E-state index in [-0.39, 0.29) is 23.0 Å². The lowest BCUT2D eigenvalue weighted by atomic mass is 10.0. The fourth-order valence-electron chi connectivity index (χ4n) is 4.62. The maximum absolute atomic E-state index is 13.9. The molecule has 0 atom stereocenters. The summed E-state index contributed by atoms with van der Waals surface area (Å²) in [5.41, 5.74) is 4.35. The SMILES string of the molecule is CCOc1cc(C=C2C(=O)N(c3ccc(C)cc3)C(=S)N(c3ccc(C)cc3)C2=O)ccc1OCc1ccc([N+](=O)[O-])cc1. The third kappa shape index (κ3) is 6.35. The van der Waals surface area contributed by atoms with Crippen molar-refractivity contribution in [2.75, 3.05) is 16.4 Å². The molecule has 4 aromatic rings. The summed E-state index contributed by atoms with van der Waals surface area (Å²) in [6.07, 6.45) is 1.53. The molecule has 0 saturated carbocycles. The molecular weight excluding hydrogens is 578 g/mol. The Balaban J connectivity index is 1.49. The molecule has 0 unspecified atom stereocenters. The predicted molar refractivity (Wildman–Crippen MR) is 173 cm³/mol. The fourth-order valence-corrected chi connectivity index (χ4v) is 4.99. The molecule has 0 spiro atoms. The van der Waals surface area contributed by atoms with Crippen LogP contribution in [0.2, 0.25) is 0 Å². The normalized spacial score (nSPS) is 13.2. The van der Waals surface area contributed by atoms with E-state index in [0.717, 1.165) is 16.7 Å². The van der Waals surface area contributed by atoms with Crippen molar-refractivity contribution < 1.29 is 24.0 Å². The lowest BCUT2D eigenvalue weighted by molar-refractivity contribution is -0.384. The van der Waals surface area contributed by atoms with Crippen LogP contribution in [0.25, 0.3) is 6.08 Å². The predicted octanol–water partition coefficient (Wildman–Crippen LogP) is 6.94. The second-order valence-electron chi connectivity index (χ2n) is 10.1. The van der Waals surface area contributed by atoms with E-state index in [2.05, 4.69) is 0 Å². The van der Waals surface area contributed by atoms with Gasteiger partial charge in [-0.2, -0.15) is 0 Å². The average Bonchev–Trinajstić information content (AvgIpc) is 3.01. The number of hydrogen-bond donors (Lipinski definition) is 0. The molecule has 10 heteroatoms. The van der Waals surface area contributed by atoms with E-state index in [1.54, 1.807) is 54.6 Å². The van der Waals surface area contributed by atoms with Crippen LogP contribution < -0.4 is 19.3 Å². The molecule has 0 aromatic heterocycles. The van der Waals surface area contributed by atoms with E-state index >= 15 is 0 Å². The highest BCUT2D eigenvalue weighted by Crippen LogP contribution is 2.33. The molecule has 44 heavy (non-hydrogen) atoms. The standard InChI is InChI=1S/C34H29N3O6S/c1-4-42-31-20-25(11-18-30(31)43-21-24-9-16-28(17-10-24)37(40)41)19-29-32(38)35(26-12-5-22(2)6-13-26)34(44)36(33(29)39)27-14-7-23(3)8-15-27/h5-20H,4,21H2,1-3H3. The highest BCUT2D eigenvalue weighted by atomic mass is 32.1. The summed E-state index contributed by atoms with van der Waals surface area (Å²) >= 11 is 5.72. The number of anilines is 2. The van der Waals surface area contributed by atoms with Gasteiger partial charge < -0.3 is 9.47 Å². The first kappa shape index (κ1) is 30.1. The number of benzene rings is 4. The summed E-state index contributed by atoms with van der Waals surface area (Å²) in [5.74, 6) is -0.217. The molecule has 5 rings (SSSR count). The summed E-state index contributed by atoms with van der Waals surface area (Å²) in [6, 6.07) is 25.9. The lowest BCUT2D eigenvalue weighted by Crippen LogP contribution is -2.56. The van der Waals surface area contributed by atoms with Gasteiger partial charge in [-0.05, 0) is 98.7 Å². The molecule has 222 valence electrons. The van der Waals surface area contributed by atoms with Crippen LogP contribution in [0.5, 0.6) is 11.5 Å². The maximum atomic E-state index is 13.9. The van der Waals surface area contributed by atoms with Crippen LogP contribution in [-0.4, -0.2) is 28.5 Å². The number of rotatable bonds is 9. The number of hydrogen-bond acceptors (Lipinski definition) is 7. The largest absolute Gasteiger partial charge is 0.490 e. The quantitative estimate of drug-likeness (QED) is 0.0668. The Bertz CT molecular complexity index is 1700. The van der Waals surface area contributed by atoms with E-state index in [1.807, 2.05) is 45.0 Å². The van der Waals surface area contributed by atoms with Crippen molar-refractivity contribution >= 4 is 52.3 Å². The average molecular weight is 608 g/mol. The third-order valence-electron chi connectivity index (χ3n) is 6.95. The zero-order valence-corrected chi connectivity index (χ0v) is 25.2. The van der Waals surface area contributed by atoms with Crippen molar-refractivity contribution in [3.05, 3.63) is 129 Å². The summed E-state index contributed by atoms with van der Waals surface area (Å²) in [4.78, 5) is 41.0. The van der Waals surface area contributed by atoms with E-state index in [9.17, 15) is 19.7 Å². The van der Waals surface area contributed by atoms with Gasteiger partial charge in [0.2, 0.25) is 0 Å². The summed E-state index contributed by atoms with van der Waals surface area (Å²) in [6.45, 7) is 6.23. The van der Waals surface area contributed by atoms with E-state index < -0.39 is 16.7 Å². The molecule has 9 nitrogen and oxygen atoms in total. The number of carbonyl (C=O) groups excluding carboxylic acids is 2. The number of ether oxygens (including phenoxy) is 2. The lowest BCUT2D eigenvalue weighted by Gasteiger charge is -2.36. The molecule has 1 saturated heterocycles. The molecule has 1 aliphatic rings. The Morgan fingerprint density at radius 2 is 1.32 bits per heavy atom. The van der Waals surface area contributed by atoms with Gasteiger partial charge in [-0.25, -0.2) is 0 Å². The Kier molecular flexibility index (Phi) is 8.82. The monoisotopic (exact) mass is 607 g/mol. The Hall–Kier alpha value is -5.35. The first-order chi connectivity index (χ1) is 21.2. The zero-order chi connectivity index (χ0) is 31.4. The topological polar surface area (TPSA) is 102 Å². The Morgan fingerprint density at radius 3 is 1.82 bits per heavy atom. The zero-order valence-electron chi connectivity index (χ0n) is 24.4. The number of nitrogens with zero attached hydrogens (tertiary/aromatic N) is 3. The number of aryl methyl sites for hydroxylation is 2. The number of thiocarbonyl (C=S) groups is 1. The van der Waals surface area contributed by atoms with Gasteiger partial charge in [-0.3, -0.25) is 29.5 Å². The Labute approximate surface area is 260 Å². The summed E-state index contributed by atoms with van der Waals surface area (Å²) in [5, 5.41) is 11.0. The molecule has 2 amide bonds. The third-order valence-corrected chi connectivity index (χ3v) is 7.32. The minimum absolute atomic E-state index is 0.00407. The smallest absolute Gasteiger partial charge is 0.270 e. The van der Waals surface area contributed by atoms with Gasteiger partial charge in [0.05, 0.1) is 22.9 Å². The number of nitro groups is 1. The van der Waals surface area contributed by atoms with Crippen LogP contribution in [0.4, 0.5) is 17.1 Å². The van der Waals surface area contributed by atoms with Gasteiger partial charge in [0.25, 0.3) is 17.5 Å². The van der Waals surface area contributed by atoms with Crippen molar-refractivity contribution in [3.63, 3.8) is 0 Å². The second-order valence-corrected chi connectivity index (χ2v) is 10.5. The molecule has 0 aliphatic carbocycles. The van der Waals surface area contributed by atoms with Crippen LogP contribution in [0, 0.1) is 24.0 Å². The van der Waals surface area contributed by atoms with Crippen molar-refractivity contribution in [3.8, 4) is 11.5 Å². The van der Waals surface area contributed by atoms with Crippen LogP contribution >= 0.6 is 12.2 Å². The van der Waals surface area contributed by atoms with E-state index in [0.29, 0.717) is 35.0 Å².